The average Bonchev–Trinajstić information content (AvgIpc) is 2.19. The molecule has 0 unspecified atom stereocenters. The van der Waals surface area contributed by atoms with Crippen molar-refractivity contribution in [1.29, 1.82) is 0 Å². The molecule has 0 aromatic rings. The maximum atomic E-state index is 9.57. The maximum Gasteiger partial charge on any atom is 0.0667 e. The van der Waals surface area contributed by atoms with Gasteiger partial charge in [0, 0.05) is 13.1 Å². The first-order valence-corrected chi connectivity index (χ1v) is 6.25. The van der Waals surface area contributed by atoms with Gasteiger partial charge in [-0.05, 0) is 38.1 Å². The molecule has 0 spiro atoms. The molecule has 1 aliphatic carbocycles. The lowest BCUT2D eigenvalue weighted by molar-refractivity contribution is 0.0582. The van der Waals surface area contributed by atoms with Crippen LogP contribution in [0.15, 0.2) is 0 Å². The Morgan fingerprint density at radius 2 is 1.79 bits per heavy atom. The molecule has 1 saturated heterocycles. The minimum Gasteiger partial charge on any atom is -0.392 e. The molecule has 2 rings (SSSR count). The highest BCUT2D eigenvalue weighted by Crippen LogP contribution is 2.25. The fraction of sp³-hybridized carbons (Fsp3) is 1.00. The van der Waals surface area contributed by atoms with Gasteiger partial charge >= 0.3 is 0 Å². The Morgan fingerprint density at radius 3 is 2.50 bits per heavy atom. The summed E-state index contributed by atoms with van der Waals surface area (Å²) in [6, 6.07) is 0. The van der Waals surface area contributed by atoms with Crippen molar-refractivity contribution in [2.45, 2.75) is 51.0 Å². The van der Waals surface area contributed by atoms with Crippen LogP contribution in [-0.2, 0) is 0 Å². The molecule has 2 nitrogen and oxygen atoms in total. The van der Waals surface area contributed by atoms with Crippen LogP contribution in [0.1, 0.15) is 44.9 Å². The van der Waals surface area contributed by atoms with Crippen molar-refractivity contribution in [1.82, 2.24) is 4.90 Å². The van der Waals surface area contributed by atoms with Crippen LogP contribution in [0.3, 0.4) is 0 Å². The van der Waals surface area contributed by atoms with Crippen molar-refractivity contribution < 1.29 is 5.11 Å². The van der Waals surface area contributed by atoms with Crippen LogP contribution in [0.4, 0.5) is 0 Å². The summed E-state index contributed by atoms with van der Waals surface area (Å²) in [5.74, 6) is 0.925. The van der Waals surface area contributed by atoms with Gasteiger partial charge in [0.1, 0.15) is 0 Å². The van der Waals surface area contributed by atoms with Crippen LogP contribution < -0.4 is 0 Å². The molecule has 14 heavy (non-hydrogen) atoms. The number of hydrogen-bond acceptors (Lipinski definition) is 2. The summed E-state index contributed by atoms with van der Waals surface area (Å²) in [5, 5.41) is 9.57. The molecule has 1 heterocycles. The zero-order valence-corrected chi connectivity index (χ0v) is 9.12. The summed E-state index contributed by atoms with van der Waals surface area (Å²) in [6.45, 7) is 3.39. The second-order valence-corrected chi connectivity index (χ2v) is 5.06. The summed E-state index contributed by atoms with van der Waals surface area (Å²) < 4.78 is 0. The van der Waals surface area contributed by atoms with E-state index in [9.17, 15) is 5.11 Å². The summed E-state index contributed by atoms with van der Waals surface area (Å²) >= 11 is 0. The molecule has 1 saturated carbocycles. The first-order chi connectivity index (χ1) is 6.84. The SMILES string of the molecule is O[C@H]1CCCN(CC2CCCCC2)C1. The van der Waals surface area contributed by atoms with Crippen LogP contribution in [0.2, 0.25) is 0 Å². The Labute approximate surface area is 87.3 Å². The number of aliphatic hydroxyl groups excluding tert-OH is 1. The molecule has 1 atom stereocenters. The summed E-state index contributed by atoms with van der Waals surface area (Å²) in [4.78, 5) is 2.48. The molecule has 0 aromatic heterocycles. The number of piperidine rings is 1. The van der Waals surface area contributed by atoms with Crippen molar-refractivity contribution in [2.75, 3.05) is 19.6 Å². The zero-order valence-electron chi connectivity index (χ0n) is 9.12. The largest absolute Gasteiger partial charge is 0.392 e. The predicted molar refractivity (Wildman–Crippen MR) is 58.3 cm³/mol. The second kappa shape index (κ2) is 5.13. The molecule has 0 amide bonds. The number of rotatable bonds is 2. The quantitative estimate of drug-likeness (QED) is 0.732. The molecule has 2 heteroatoms. The zero-order chi connectivity index (χ0) is 9.80. The highest BCUT2D eigenvalue weighted by molar-refractivity contribution is 4.76. The molecule has 82 valence electrons. The predicted octanol–water partition coefficient (Wildman–Crippen LogP) is 2.02. The van der Waals surface area contributed by atoms with E-state index in [2.05, 4.69) is 4.90 Å². The van der Waals surface area contributed by atoms with Crippen molar-refractivity contribution in [3.05, 3.63) is 0 Å². The van der Waals surface area contributed by atoms with Gasteiger partial charge in [-0.2, -0.15) is 0 Å². The monoisotopic (exact) mass is 197 g/mol. The molecule has 0 bridgehead atoms. The normalized spacial score (nSPS) is 31.9. The van der Waals surface area contributed by atoms with Crippen molar-refractivity contribution in [3.8, 4) is 0 Å². The van der Waals surface area contributed by atoms with Gasteiger partial charge in [0.05, 0.1) is 6.10 Å². The van der Waals surface area contributed by atoms with Gasteiger partial charge in [-0.1, -0.05) is 19.3 Å². The lowest BCUT2D eigenvalue weighted by Crippen LogP contribution is -2.41. The van der Waals surface area contributed by atoms with Gasteiger partial charge in [-0.3, -0.25) is 0 Å². The number of β-amino-alcohol motifs (C(OH)–C–C–N with tert-alkyl or cyclic N) is 1. The average molecular weight is 197 g/mol. The Kier molecular flexibility index (Phi) is 3.82. The fourth-order valence-electron chi connectivity index (χ4n) is 2.93. The molecular weight excluding hydrogens is 174 g/mol. The Balaban J connectivity index is 1.72. The molecule has 1 aliphatic heterocycles. The number of nitrogens with zero attached hydrogens (tertiary/aromatic N) is 1. The van der Waals surface area contributed by atoms with E-state index in [0.717, 1.165) is 18.9 Å². The highest BCUT2D eigenvalue weighted by atomic mass is 16.3. The first-order valence-electron chi connectivity index (χ1n) is 6.25. The van der Waals surface area contributed by atoms with Crippen molar-refractivity contribution >= 4 is 0 Å². The standard InChI is InChI=1S/C12H23NO/c14-12-7-4-8-13(10-12)9-11-5-2-1-3-6-11/h11-12,14H,1-10H2/t12-/m0/s1. The summed E-state index contributed by atoms with van der Waals surface area (Å²) in [7, 11) is 0. The van der Waals surface area contributed by atoms with Crippen molar-refractivity contribution in [2.24, 2.45) is 5.92 Å². The molecule has 0 radical (unpaired) electrons. The van der Waals surface area contributed by atoms with E-state index in [1.165, 1.54) is 51.6 Å². The highest BCUT2D eigenvalue weighted by Gasteiger charge is 2.21. The Morgan fingerprint density at radius 1 is 1.00 bits per heavy atom. The van der Waals surface area contributed by atoms with E-state index in [1.54, 1.807) is 0 Å². The first kappa shape index (κ1) is 10.4. The van der Waals surface area contributed by atoms with Gasteiger partial charge in [0.25, 0.3) is 0 Å². The molecule has 0 aromatic carbocycles. The number of aliphatic hydroxyl groups is 1. The topological polar surface area (TPSA) is 23.5 Å². The third kappa shape index (κ3) is 2.96. The van der Waals surface area contributed by atoms with Crippen LogP contribution in [-0.4, -0.2) is 35.7 Å². The second-order valence-electron chi connectivity index (χ2n) is 5.06. The van der Waals surface area contributed by atoms with E-state index in [0.29, 0.717) is 0 Å². The summed E-state index contributed by atoms with van der Waals surface area (Å²) in [5.41, 5.74) is 0. The molecular formula is C12H23NO. The smallest absolute Gasteiger partial charge is 0.0667 e. The summed E-state index contributed by atoms with van der Waals surface area (Å²) in [6.07, 6.45) is 9.31. The van der Waals surface area contributed by atoms with E-state index >= 15 is 0 Å². The maximum absolute atomic E-state index is 9.57. The molecule has 1 N–H and O–H groups in total. The van der Waals surface area contributed by atoms with Gasteiger partial charge in [-0.15, -0.1) is 0 Å². The van der Waals surface area contributed by atoms with Crippen LogP contribution in [0, 0.1) is 5.92 Å². The minimum absolute atomic E-state index is 0.0488. The lowest BCUT2D eigenvalue weighted by Gasteiger charge is -2.34. The van der Waals surface area contributed by atoms with E-state index < -0.39 is 0 Å². The van der Waals surface area contributed by atoms with Gasteiger partial charge in [0.15, 0.2) is 0 Å². The van der Waals surface area contributed by atoms with Crippen molar-refractivity contribution in [3.63, 3.8) is 0 Å². The third-order valence-electron chi connectivity index (χ3n) is 3.72. The minimum atomic E-state index is -0.0488. The third-order valence-corrected chi connectivity index (χ3v) is 3.72. The van der Waals surface area contributed by atoms with Crippen LogP contribution in [0.5, 0.6) is 0 Å². The Hall–Kier alpha value is -0.0800. The van der Waals surface area contributed by atoms with Gasteiger partial charge in [0.2, 0.25) is 0 Å². The van der Waals surface area contributed by atoms with E-state index in [1.807, 2.05) is 0 Å². The number of hydrogen-bond donors (Lipinski definition) is 1. The Bertz CT molecular complexity index is 166. The fourth-order valence-corrected chi connectivity index (χ4v) is 2.93. The van der Waals surface area contributed by atoms with Gasteiger partial charge in [-0.25, -0.2) is 0 Å². The van der Waals surface area contributed by atoms with Crippen LogP contribution >= 0.6 is 0 Å². The molecule has 2 fully saturated rings. The van der Waals surface area contributed by atoms with E-state index in [4.69, 9.17) is 0 Å². The number of likely N-dealkylation sites (tertiary alicyclic amines) is 1. The van der Waals surface area contributed by atoms with Gasteiger partial charge < -0.3 is 10.0 Å². The lowest BCUT2D eigenvalue weighted by atomic mass is 9.88. The molecule has 2 aliphatic rings. The van der Waals surface area contributed by atoms with Crippen LogP contribution in [0.25, 0.3) is 0 Å². The van der Waals surface area contributed by atoms with E-state index in [-0.39, 0.29) is 6.10 Å².